The molecule has 0 spiro atoms. The minimum Gasteiger partial charge on any atom is -0.525 e. The molecular weight excluding hydrogens is 495 g/mol. The maximum atomic E-state index is 5.58. The second-order valence-electron chi connectivity index (χ2n) is 10.3. The molecular formula is C31H48NiO4-4. The van der Waals surface area contributed by atoms with E-state index in [-0.39, 0.29) is 43.0 Å². The molecule has 3 rings (SSSR count). The van der Waals surface area contributed by atoms with Gasteiger partial charge in [-0.25, -0.2) is 0 Å². The second kappa shape index (κ2) is 17.7. The maximum Gasteiger partial charge on any atom is 0.160 e. The molecule has 210 valence electrons. The van der Waals surface area contributed by atoms with Crippen LogP contribution in [0.1, 0.15) is 65.0 Å². The second-order valence-corrected chi connectivity index (χ2v) is 10.3. The largest absolute Gasteiger partial charge is 0.525 e. The van der Waals surface area contributed by atoms with Gasteiger partial charge in [-0.2, -0.15) is 24.6 Å². The molecule has 0 atom stereocenters. The van der Waals surface area contributed by atoms with Crippen molar-refractivity contribution in [2.75, 3.05) is 26.4 Å². The fraction of sp³-hybridized carbons (Fsp3) is 0.484. The zero-order valence-electron chi connectivity index (χ0n) is 23.5. The van der Waals surface area contributed by atoms with Crippen molar-refractivity contribution in [1.29, 1.82) is 0 Å². The normalized spacial score (nSPS) is 13.6. The van der Waals surface area contributed by atoms with Crippen LogP contribution >= 0.6 is 0 Å². The smallest absolute Gasteiger partial charge is 0.160 e. The average Bonchev–Trinajstić information content (AvgIpc) is 2.75. The zero-order chi connectivity index (χ0) is 24.3. The van der Waals surface area contributed by atoms with E-state index in [9.17, 15) is 0 Å². The molecule has 1 aliphatic rings. The third-order valence-corrected chi connectivity index (χ3v) is 5.32. The topological polar surface area (TPSA) is 36.9 Å². The third-order valence-electron chi connectivity index (χ3n) is 5.32. The molecule has 0 N–H and O–H groups in total. The van der Waals surface area contributed by atoms with Gasteiger partial charge in [0.1, 0.15) is 5.75 Å². The van der Waals surface area contributed by atoms with Crippen LogP contribution in [0.15, 0.2) is 48.5 Å². The fourth-order valence-corrected chi connectivity index (χ4v) is 4.11. The van der Waals surface area contributed by atoms with Crippen molar-refractivity contribution < 1.29 is 35.4 Å². The van der Waals surface area contributed by atoms with E-state index in [1.807, 2.05) is 36.4 Å². The summed E-state index contributed by atoms with van der Waals surface area (Å²) in [5.74, 6) is 1.76. The summed E-state index contributed by atoms with van der Waals surface area (Å²) in [5, 5.41) is 0. The molecule has 1 heterocycles. The predicted octanol–water partition coefficient (Wildman–Crippen LogP) is 7.91. The third kappa shape index (κ3) is 14.2. The average molecular weight is 543 g/mol. The van der Waals surface area contributed by atoms with Gasteiger partial charge in [0.25, 0.3) is 0 Å². The minimum atomic E-state index is -0.0964. The van der Waals surface area contributed by atoms with E-state index < -0.39 is 0 Å². The van der Waals surface area contributed by atoms with Gasteiger partial charge in [0.15, 0.2) is 6.29 Å². The van der Waals surface area contributed by atoms with Crippen molar-refractivity contribution in [2.24, 2.45) is 5.41 Å². The summed E-state index contributed by atoms with van der Waals surface area (Å²) in [5.41, 5.74) is 2.89. The Morgan fingerprint density at radius 2 is 1.33 bits per heavy atom. The summed E-state index contributed by atoms with van der Waals surface area (Å²) >= 11 is 0. The van der Waals surface area contributed by atoms with Gasteiger partial charge < -0.3 is 40.7 Å². The molecule has 0 aromatic heterocycles. The van der Waals surface area contributed by atoms with Crippen LogP contribution in [0, 0.1) is 34.1 Å². The first-order valence-corrected chi connectivity index (χ1v) is 11.9. The quantitative estimate of drug-likeness (QED) is 0.251. The van der Waals surface area contributed by atoms with Gasteiger partial charge in [-0.1, -0.05) is 58.9 Å². The Morgan fingerprint density at radius 3 is 1.83 bits per heavy atom. The molecule has 0 radical (unpaired) electrons. The number of rotatable bonds is 8. The first kappa shape index (κ1) is 36.5. The van der Waals surface area contributed by atoms with Gasteiger partial charge in [0.2, 0.25) is 0 Å². The molecule has 5 heteroatoms. The predicted molar refractivity (Wildman–Crippen MR) is 149 cm³/mol. The molecule has 0 bridgehead atoms. The van der Waals surface area contributed by atoms with E-state index in [4.69, 9.17) is 18.9 Å². The van der Waals surface area contributed by atoms with E-state index in [0.29, 0.717) is 18.6 Å². The molecule has 1 aliphatic heterocycles. The van der Waals surface area contributed by atoms with Crippen LogP contribution in [-0.2, 0) is 31.4 Å². The Bertz CT molecular complexity index is 789. The molecule has 1 fully saturated rings. The SMILES string of the molecule is [CH2-]COc1ccc(C(C)(C)CC(C)(C)C)cc1.[CH2-]c1ccc(OCCC2OCCCO2)cc1.[CH3-].[CH3-].[Ni]. The van der Waals surface area contributed by atoms with Crippen LogP contribution in [0.2, 0.25) is 0 Å². The molecule has 0 unspecified atom stereocenters. The van der Waals surface area contributed by atoms with Crippen LogP contribution in [0.3, 0.4) is 0 Å². The van der Waals surface area contributed by atoms with E-state index in [2.05, 4.69) is 60.6 Å². The van der Waals surface area contributed by atoms with E-state index in [1.165, 1.54) is 5.56 Å². The van der Waals surface area contributed by atoms with Crippen molar-refractivity contribution in [2.45, 2.75) is 65.6 Å². The van der Waals surface area contributed by atoms with Gasteiger partial charge in [0, 0.05) is 22.9 Å². The summed E-state index contributed by atoms with van der Waals surface area (Å²) in [6, 6.07) is 16.1. The Hall–Kier alpha value is -1.68. The van der Waals surface area contributed by atoms with Crippen LogP contribution in [0.4, 0.5) is 0 Å². The number of hydrogen-bond acceptors (Lipinski definition) is 4. The number of hydrogen-bond donors (Lipinski definition) is 0. The van der Waals surface area contributed by atoms with Gasteiger partial charge in [-0.3, -0.25) is 0 Å². The van der Waals surface area contributed by atoms with E-state index in [1.54, 1.807) is 0 Å². The van der Waals surface area contributed by atoms with Crippen molar-refractivity contribution in [3.8, 4) is 11.5 Å². The van der Waals surface area contributed by atoms with Gasteiger partial charge in [-0.15, -0.1) is 0 Å². The standard InChI is InChI=1S/C16H25O.C13H17O3.2CH3.Ni/c1-7-17-14-10-8-13(9-11-14)16(5,6)12-15(2,3)4;1-11-3-5-12(6-4-11)14-10-7-13-15-8-2-9-16-13;;;/h8-11H,1,7,12H2,2-6H3;3-6,13H,1-2,7-10H2;2*1H3;/q4*-1;. The summed E-state index contributed by atoms with van der Waals surface area (Å²) < 4.78 is 21.8. The minimum absolute atomic E-state index is 0. The van der Waals surface area contributed by atoms with Crippen molar-refractivity contribution in [3.63, 3.8) is 0 Å². The van der Waals surface area contributed by atoms with Crippen molar-refractivity contribution in [3.05, 3.63) is 88.4 Å². The maximum absolute atomic E-state index is 5.58. The van der Waals surface area contributed by atoms with E-state index >= 15 is 0 Å². The summed E-state index contributed by atoms with van der Waals surface area (Å²) in [4.78, 5) is 0. The molecule has 2 aromatic rings. The first-order chi connectivity index (χ1) is 15.6. The van der Waals surface area contributed by atoms with Crippen molar-refractivity contribution >= 4 is 0 Å². The van der Waals surface area contributed by atoms with Crippen LogP contribution in [-0.4, -0.2) is 32.7 Å². The molecule has 36 heavy (non-hydrogen) atoms. The van der Waals surface area contributed by atoms with Gasteiger partial charge in [-0.05, 0) is 48.0 Å². The molecule has 2 aromatic carbocycles. The van der Waals surface area contributed by atoms with Crippen molar-refractivity contribution in [1.82, 2.24) is 0 Å². The van der Waals surface area contributed by atoms with Crippen LogP contribution in [0.25, 0.3) is 0 Å². The van der Waals surface area contributed by atoms with Crippen LogP contribution in [0.5, 0.6) is 11.5 Å². The number of ether oxygens (including phenoxy) is 4. The first-order valence-electron chi connectivity index (χ1n) is 11.9. The van der Waals surface area contributed by atoms with Crippen LogP contribution < -0.4 is 9.47 Å². The Morgan fingerprint density at radius 1 is 0.833 bits per heavy atom. The molecule has 0 amide bonds. The monoisotopic (exact) mass is 542 g/mol. The number of benzene rings is 2. The van der Waals surface area contributed by atoms with Gasteiger partial charge >= 0.3 is 0 Å². The van der Waals surface area contributed by atoms with Gasteiger partial charge in [0.05, 0.1) is 25.6 Å². The Labute approximate surface area is 232 Å². The molecule has 0 saturated carbocycles. The zero-order valence-corrected chi connectivity index (χ0v) is 24.5. The molecule has 0 aliphatic carbocycles. The summed E-state index contributed by atoms with van der Waals surface area (Å²) in [7, 11) is 0. The fourth-order valence-electron chi connectivity index (χ4n) is 4.11. The Kier molecular flexibility index (Phi) is 18.0. The Balaban J connectivity index is 0. The summed E-state index contributed by atoms with van der Waals surface area (Å²) in [6.07, 6.45) is 2.82. The van der Waals surface area contributed by atoms with E-state index in [0.717, 1.165) is 49.5 Å². The molecule has 4 nitrogen and oxygen atoms in total. The summed E-state index contributed by atoms with van der Waals surface area (Å²) in [6.45, 7) is 21.6. The molecule has 1 saturated heterocycles.